The number of halogens is 1. The van der Waals surface area contributed by atoms with E-state index in [2.05, 4.69) is 32.6 Å². The molecule has 98 valence electrons. The summed E-state index contributed by atoms with van der Waals surface area (Å²) in [5, 5.41) is 2.67. The van der Waals surface area contributed by atoms with Gasteiger partial charge in [0.25, 0.3) is 5.91 Å². The van der Waals surface area contributed by atoms with Crippen molar-refractivity contribution < 1.29 is 19.1 Å². The van der Waals surface area contributed by atoms with Crippen molar-refractivity contribution in [3.63, 3.8) is 0 Å². The van der Waals surface area contributed by atoms with Gasteiger partial charge in [-0.1, -0.05) is 0 Å². The van der Waals surface area contributed by atoms with Gasteiger partial charge in [-0.2, -0.15) is 0 Å². The number of rotatable bonds is 5. The Bertz CT molecular complexity index is 448. The number of carbonyl (C=O) groups excluding carboxylic acids is 2. The van der Waals surface area contributed by atoms with Gasteiger partial charge in [0.15, 0.2) is 6.61 Å². The van der Waals surface area contributed by atoms with Gasteiger partial charge < -0.3 is 14.8 Å². The van der Waals surface area contributed by atoms with Gasteiger partial charge in [-0.15, -0.1) is 0 Å². The van der Waals surface area contributed by atoms with Crippen LogP contribution >= 0.6 is 22.6 Å². The first-order chi connectivity index (χ1) is 8.52. The predicted octanol–water partition coefficient (Wildman–Crippen LogP) is 1.73. The fraction of sp³-hybridized carbons (Fsp3) is 0.333. The lowest BCUT2D eigenvalue weighted by molar-refractivity contribution is -0.150. The van der Waals surface area contributed by atoms with E-state index in [-0.39, 0.29) is 19.1 Å². The van der Waals surface area contributed by atoms with Crippen LogP contribution in [-0.2, 0) is 19.1 Å². The van der Waals surface area contributed by atoms with Crippen LogP contribution in [0.4, 0.5) is 5.69 Å². The summed E-state index contributed by atoms with van der Waals surface area (Å²) < 4.78 is 10.4. The lowest BCUT2D eigenvalue weighted by Crippen LogP contribution is -2.22. The normalized spacial score (nSPS) is 9.94. The van der Waals surface area contributed by atoms with Gasteiger partial charge in [-0.05, 0) is 53.3 Å². The third kappa shape index (κ3) is 5.01. The number of ether oxygens (including phenoxy) is 2. The molecule has 0 radical (unpaired) electrons. The Hall–Kier alpha value is -1.15. The summed E-state index contributed by atoms with van der Waals surface area (Å²) >= 11 is 2.19. The number of aryl methyl sites for hydroxylation is 1. The van der Waals surface area contributed by atoms with Gasteiger partial charge in [0.05, 0.1) is 0 Å². The van der Waals surface area contributed by atoms with Crippen LogP contribution in [0, 0.1) is 10.5 Å². The van der Waals surface area contributed by atoms with Crippen molar-refractivity contribution in [2.75, 3.05) is 25.6 Å². The van der Waals surface area contributed by atoms with Crippen LogP contribution in [-0.4, -0.2) is 32.2 Å². The van der Waals surface area contributed by atoms with Crippen molar-refractivity contribution >= 4 is 40.2 Å². The number of anilines is 1. The first-order valence-corrected chi connectivity index (χ1v) is 6.31. The monoisotopic (exact) mass is 363 g/mol. The fourth-order valence-corrected chi connectivity index (χ4v) is 1.91. The van der Waals surface area contributed by atoms with Crippen molar-refractivity contribution in [1.82, 2.24) is 0 Å². The highest BCUT2D eigenvalue weighted by Crippen LogP contribution is 2.17. The summed E-state index contributed by atoms with van der Waals surface area (Å²) in [5.41, 5.74) is 1.67. The number of methoxy groups -OCH3 is 1. The molecule has 18 heavy (non-hydrogen) atoms. The molecule has 0 aliphatic carbocycles. The van der Waals surface area contributed by atoms with Gasteiger partial charge in [0.1, 0.15) is 6.61 Å². The van der Waals surface area contributed by atoms with E-state index >= 15 is 0 Å². The van der Waals surface area contributed by atoms with E-state index in [0.29, 0.717) is 5.69 Å². The Morgan fingerprint density at radius 1 is 1.33 bits per heavy atom. The van der Waals surface area contributed by atoms with Crippen LogP contribution in [0.5, 0.6) is 0 Å². The van der Waals surface area contributed by atoms with E-state index in [9.17, 15) is 9.59 Å². The SMILES string of the molecule is COCC(=O)OCC(=O)Nc1ccc(I)cc1C. The minimum absolute atomic E-state index is 0.157. The first kappa shape index (κ1) is 14.9. The van der Waals surface area contributed by atoms with E-state index in [1.54, 1.807) is 0 Å². The molecule has 0 saturated heterocycles. The van der Waals surface area contributed by atoms with Gasteiger partial charge in [0.2, 0.25) is 0 Å². The molecule has 0 aliphatic rings. The molecule has 1 rings (SSSR count). The van der Waals surface area contributed by atoms with E-state index in [1.807, 2.05) is 25.1 Å². The van der Waals surface area contributed by atoms with Crippen molar-refractivity contribution in [3.05, 3.63) is 27.3 Å². The van der Waals surface area contributed by atoms with Crippen LogP contribution < -0.4 is 5.32 Å². The zero-order chi connectivity index (χ0) is 13.5. The molecule has 0 fully saturated rings. The van der Waals surface area contributed by atoms with Crippen LogP contribution in [0.15, 0.2) is 18.2 Å². The zero-order valence-corrected chi connectivity index (χ0v) is 12.3. The maximum absolute atomic E-state index is 11.5. The second kappa shape index (κ2) is 7.32. The number of nitrogens with one attached hydrogen (secondary N) is 1. The first-order valence-electron chi connectivity index (χ1n) is 5.23. The van der Waals surface area contributed by atoms with E-state index in [1.165, 1.54) is 7.11 Å². The Kier molecular flexibility index (Phi) is 6.06. The van der Waals surface area contributed by atoms with Crippen molar-refractivity contribution in [2.45, 2.75) is 6.92 Å². The molecule has 5 nitrogen and oxygen atoms in total. The van der Waals surface area contributed by atoms with E-state index < -0.39 is 5.97 Å². The van der Waals surface area contributed by atoms with Gasteiger partial charge in [-0.3, -0.25) is 4.79 Å². The highest BCUT2D eigenvalue weighted by molar-refractivity contribution is 14.1. The number of hydrogen-bond acceptors (Lipinski definition) is 4. The fourth-order valence-electron chi connectivity index (χ4n) is 1.26. The van der Waals surface area contributed by atoms with Crippen LogP contribution in [0.2, 0.25) is 0 Å². The highest BCUT2D eigenvalue weighted by Gasteiger charge is 2.08. The third-order valence-corrected chi connectivity index (χ3v) is 2.76. The molecule has 1 amide bonds. The van der Waals surface area contributed by atoms with Crippen molar-refractivity contribution in [1.29, 1.82) is 0 Å². The summed E-state index contributed by atoms with van der Waals surface area (Å²) in [6.07, 6.45) is 0. The van der Waals surface area contributed by atoms with Gasteiger partial charge in [0, 0.05) is 16.4 Å². The zero-order valence-electron chi connectivity index (χ0n) is 10.2. The molecule has 0 atom stereocenters. The average Bonchev–Trinajstić information content (AvgIpc) is 2.31. The van der Waals surface area contributed by atoms with Crippen molar-refractivity contribution in [3.8, 4) is 0 Å². The minimum Gasteiger partial charge on any atom is -0.454 e. The quantitative estimate of drug-likeness (QED) is 0.639. The minimum atomic E-state index is -0.563. The molecular formula is C12H14INO4. The second-order valence-corrected chi connectivity index (χ2v) is 4.85. The Morgan fingerprint density at radius 3 is 2.67 bits per heavy atom. The topological polar surface area (TPSA) is 64.6 Å². The lowest BCUT2D eigenvalue weighted by Gasteiger charge is -2.09. The number of amides is 1. The molecule has 1 aromatic carbocycles. The van der Waals surface area contributed by atoms with Crippen LogP contribution in [0.3, 0.4) is 0 Å². The molecule has 0 unspecified atom stereocenters. The molecule has 6 heteroatoms. The Balaban J connectivity index is 2.47. The number of benzene rings is 1. The molecule has 1 aromatic rings. The Labute approximate surface area is 119 Å². The molecule has 0 spiro atoms. The van der Waals surface area contributed by atoms with Gasteiger partial charge in [-0.25, -0.2) is 4.79 Å². The molecule has 0 saturated carbocycles. The summed E-state index contributed by atoms with van der Waals surface area (Å²) in [6.45, 7) is 1.43. The van der Waals surface area contributed by atoms with Crippen LogP contribution in [0.25, 0.3) is 0 Å². The Morgan fingerprint density at radius 2 is 2.06 bits per heavy atom. The molecule has 0 aliphatic heterocycles. The number of hydrogen-bond donors (Lipinski definition) is 1. The highest BCUT2D eigenvalue weighted by atomic mass is 127. The summed E-state index contributed by atoms with van der Waals surface area (Å²) in [6, 6.07) is 5.65. The molecule has 1 N–H and O–H groups in total. The second-order valence-electron chi connectivity index (χ2n) is 3.60. The molecule has 0 aromatic heterocycles. The van der Waals surface area contributed by atoms with Crippen LogP contribution in [0.1, 0.15) is 5.56 Å². The predicted molar refractivity (Wildman–Crippen MR) is 75.4 cm³/mol. The molecule has 0 bridgehead atoms. The summed E-state index contributed by atoms with van der Waals surface area (Å²) in [5.74, 6) is -0.934. The largest absolute Gasteiger partial charge is 0.454 e. The smallest absolute Gasteiger partial charge is 0.332 e. The summed E-state index contributed by atoms with van der Waals surface area (Å²) in [4.78, 5) is 22.5. The van der Waals surface area contributed by atoms with Gasteiger partial charge >= 0.3 is 5.97 Å². The van der Waals surface area contributed by atoms with E-state index in [0.717, 1.165) is 9.13 Å². The standard InChI is InChI=1S/C12H14INO4/c1-8-5-9(13)3-4-10(8)14-11(15)6-18-12(16)7-17-2/h3-5H,6-7H2,1-2H3,(H,14,15). The summed E-state index contributed by atoms with van der Waals surface area (Å²) in [7, 11) is 1.39. The maximum Gasteiger partial charge on any atom is 0.332 e. The molecule has 0 heterocycles. The maximum atomic E-state index is 11.5. The molecular weight excluding hydrogens is 349 g/mol. The van der Waals surface area contributed by atoms with Crippen molar-refractivity contribution in [2.24, 2.45) is 0 Å². The lowest BCUT2D eigenvalue weighted by atomic mass is 10.2. The number of esters is 1. The van der Waals surface area contributed by atoms with E-state index in [4.69, 9.17) is 4.74 Å². The average molecular weight is 363 g/mol. The third-order valence-electron chi connectivity index (χ3n) is 2.09. The number of carbonyl (C=O) groups is 2.